The first-order valence-electron chi connectivity index (χ1n) is 11.2. The zero-order chi connectivity index (χ0) is 23.1. The predicted octanol–water partition coefficient (Wildman–Crippen LogP) is 6.76. The van der Waals surface area contributed by atoms with E-state index in [0.29, 0.717) is 35.5 Å². The SMILES string of the molecule is CCCc1c(C(C)C)cc(CC)c(OC(=O)c2ccccc2)c1OC(=O)c1ccccc1. The van der Waals surface area contributed by atoms with E-state index in [0.717, 1.165) is 23.1 Å². The van der Waals surface area contributed by atoms with Crippen molar-refractivity contribution in [2.24, 2.45) is 0 Å². The molecule has 0 radical (unpaired) electrons. The van der Waals surface area contributed by atoms with Gasteiger partial charge in [0.25, 0.3) is 0 Å². The summed E-state index contributed by atoms with van der Waals surface area (Å²) >= 11 is 0. The molecule has 4 heteroatoms. The van der Waals surface area contributed by atoms with E-state index in [1.165, 1.54) is 0 Å². The number of aryl methyl sites for hydroxylation is 1. The maximum atomic E-state index is 13.0. The van der Waals surface area contributed by atoms with Crippen molar-refractivity contribution < 1.29 is 19.1 Å². The van der Waals surface area contributed by atoms with Crippen molar-refractivity contribution in [3.05, 3.63) is 94.5 Å². The fourth-order valence-corrected chi connectivity index (χ4v) is 3.71. The third kappa shape index (κ3) is 5.25. The quantitative estimate of drug-likeness (QED) is 0.292. The highest BCUT2D eigenvalue weighted by Crippen LogP contribution is 2.42. The smallest absolute Gasteiger partial charge is 0.343 e. The first-order valence-corrected chi connectivity index (χ1v) is 11.2. The Bertz CT molecular complexity index is 1070. The Labute approximate surface area is 190 Å². The van der Waals surface area contributed by atoms with Gasteiger partial charge in [0.1, 0.15) is 0 Å². The summed E-state index contributed by atoms with van der Waals surface area (Å²) in [6.45, 7) is 8.32. The topological polar surface area (TPSA) is 52.6 Å². The van der Waals surface area contributed by atoms with Crippen LogP contribution in [0.15, 0.2) is 66.7 Å². The Morgan fingerprint density at radius 2 is 1.28 bits per heavy atom. The molecule has 3 aromatic rings. The maximum absolute atomic E-state index is 13.0. The number of carbonyl (C=O) groups excluding carboxylic acids is 2. The van der Waals surface area contributed by atoms with Gasteiger partial charge in [0.15, 0.2) is 11.5 Å². The van der Waals surface area contributed by atoms with Gasteiger partial charge in [0.05, 0.1) is 11.1 Å². The van der Waals surface area contributed by atoms with Gasteiger partial charge in [-0.15, -0.1) is 0 Å². The van der Waals surface area contributed by atoms with Gasteiger partial charge in [-0.2, -0.15) is 0 Å². The summed E-state index contributed by atoms with van der Waals surface area (Å²) in [5.74, 6) is -0.0265. The summed E-state index contributed by atoms with van der Waals surface area (Å²) in [7, 11) is 0. The van der Waals surface area contributed by atoms with Crippen LogP contribution < -0.4 is 9.47 Å². The van der Waals surface area contributed by atoms with Crippen LogP contribution in [0.25, 0.3) is 0 Å². The van der Waals surface area contributed by atoms with Crippen LogP contribution in [0.5, 0.6) is 11.5 Å². The second-order valence-electron chi connectivity index (χ2n) is 8.03. The van der Waals surface area contributed by atoms with Crippen molar-refractivity contribution in [2.75, 3.05) is 0 Å². The van der Waals surface area contributed by atoms with Gasteiger partial charge in [-0.25, -0.2) is 9.59 Å². The van der Waals surface area contributed by atoms with Crippen LogP contribution in [0.2, 0.25) is 0 Å². The molecule has 0 aromatic heterocycles. The van der Waals surface area contributed by atoms with Gasteiger partial charge in [-0.1, -0.05) is 76.6 Å². The average Bonchev–Trinajstić information content (AvgIpc) is 2.82. The average molecular weight is 431 g/mol. The molecule has 3 rings (SSSR count). The van der Waals surface area contributed by atoms with Crippen molar-refractivity contribution >= 4 is 11.9 Å². The molecule has 0 fully saturated rings. The van der Waals surface area contributed by atoms with Crippen molar-refractivity contribution in [1.29, 1.82) is 0 Å². The molecule has 0 saturated carbocycles. The number of benzene rings is 3. The van der Waals surface area contributed by atoms with E-state index in [4.69, 9.17) is 9.47 Å². The minimum atomic E-state index is -0.475. The molecule has 32 heavy (non-hydrogen) atoms. The first kappa shape index (κ1) is 23.3. The van der Waals surface area contributed by atoms with E-state index >= 15 is 0 Å². The largest absolute Gasteiger partial charge is 0.419 e. The van der Waals surface area contributed by atoms with Gasteiger partial charge in [0.2, 0.25) is 0 Å². The highest BCUT2D eigenvalue weighted by Gasteiger charge is 2.25. The molecule has 0 heterocycles. The van der Waals surface area contributed by atoms with Crippen molar-refractivity contribution in [3.63, 3.8) is 0 Å². The lowest BCUT2D eigenvalue weighted by molar-refractivity contribution is 0.0679. The van der Waals surface area contributed by atoms with Gasteiger partial charge in [-0.3, -0.25) is 0 Å². The van der Waals surface area contributed by atoms with Crippen LogP contribution in [-0.2, 0) is 12.8 Å². The molecule has 166 valence electrons. The Morgan fingerprint density at radius 3 is 1.72 bits per heavy atom. The van der Waals surface area contributed by atoms with Crippen molar-refractivity contribution in [1.82, 2.24) is 0 Å². The lowest BCUT2D eigenvalue weighted by Gasteiger charge is -2.22. The van der Waals surface area contributed by atoms with Crippen LogP contribution >= 0.6 is 0 Å². The third-order valence-electron chi connectivity index (χ3n) is 5.36. The minimum absolute atomic E-state index is 0.231. The summed E-state index contributed by atoms with van der Waals surface area (Å²) in [6.07, 6.45) is 2.22. The van der Waals surface area contributed by atoms with Gasteiger partial charge < -0.3 is 9.47 Å². The highest BCUT2D eigenvalue weighted by molar-refractivity contribution is 5.93. The molecule has 0 unspecified atom stereocenters. The number of rotatable bonds is 8. The normalized spacial score (nSPS) is 10.8. The van der Waals surface area contributed by atoms with E-state index in [-0.39, 0.29) is 5.92 Å². The van der Waals surface area contributed by atoms with E-state index in [2.05, 4.69) is 26.8 Å². The fraction of sp³-hybridized carbons (Fsp3) is 0.286. The van der Waals surface area contributed by atoms with E-state index < -0.39 is 11.9 Å². The Balaban J connectivity index is 2.15. The molecule has 0 N–H and O–H groups in total. The monoisotopic (exact) mass is 430 g/mol. The van der Waals surface area contributed by atoms with E-state index in [1.807, 2.05) is 19.1 Å². The number of esters is 2. The lowest BCUT2D eigenvalue weighted by Crippen LogP contribution is -2.16. The van der Waals surface area contributed by atoms with Crippen molar-refractivity contribution in [3.8, 4) is 11.5 Å². The van der Waals surface area contributed by atoms with E-state index in [1.54, 1.807) is 48.5 Å². The maximum Gasteiger partial charge on any atom is 0.343 e. The molecule has 0 atom stereocenters. The number of hydrogen-bond acceptors (Lipinski definition) is 4. The van der Waals surface area contributed by atoms with Crippen molar-refractivity contribution in [2.45, 2.75) is 52.9 Å². The summed E-state index contributed by atoms with van der Waals surface area (Å²) < 4.78 is 11.9. The molecule has 0 aliphatic rings. The van der Waals surface area contributed by atoms with Gasteiger partial charge >= 0.3 is 11.9 Å². The standard InChI is InChI=1S/C28H30O4/c1-5-13-23-24(19(3)4)18-20(6-2)25(31-27(29)21-14-9-7-10-15-21)26(23)32-28(30)22-16-11-8-12-17-22/h7-12,14-19H,5-6,13H2,1-4H3. The van der Waals surface area contributed by atoms with Crippen LogP contribution in [0.1, 0.15) is 77.4 Å². The summed E-state index contributed by atoms with van der Waals surface area (Å²) in [5, 5.41) is 0. The molecular formula is C28H30O4. The second-order valence-corrected chi connectivity index (χ2v) is 8.03. The zero-order valence-corrected chi connectivity index (χ0v) is 19.2. The zero-order valence-electron chi connectivity index (χ0n) is 19.2. The Morgan fingerprint density at radius 1 is 0.781 bits per heavy atom. The Hall–Kier alpha value is -3.40. The predicted molar refractivity (Wildman–Crippen MR) is 127 cm³/mol. The molecule has 4 nitrogen and oxygen atoms in total. The molecule has 3 aromatic carbocycles. The molecule has 0 bridgehead atoms. The summed E-state index contributed by atoms with van der Waals surface area (Å²) in [6, 6.07) is 19.8. The lowest BCUT2D eigenvalue weighted by atomic mass is 9.90. The third-order valence-corrected chi connectivity index (χ3v) is 5.36. The molecule has 0 aliphatic heterocycles. The summed E-state index contributed by atoms with van der Waals surface area (Å²) in [5.41, 5.74) is 3.76. The molecule has 0 spiro atoms. The summed E-state index contributed by atoms with van der Waals surface area (Å²) in [4.78, 5) is 25.9. The van der Waals surface area contributed by atoms with Crippen LogP contribution in [0.4, 0.5) is 0 Å². The van der Waals surface area contributed by atoms with E-state index in [9.17, 15) is 9.59 Å². The minimum Gasteiger partial charge on any atom is -0.419 e. The van der Waals surface area contributed by atoms with Gasteiger partial charge in [-0.05, 0) is 54.2 Å². The number of ether oxygens (including phenoxy) is 2. The van der Waals surface area contributed by atoms with Crippen LogP contribution in [-0.4, -0.2) is 11.9 Å². The molecule has 0 saturated heterocycles. The van der Waals surface area contributed by atoms with Gasteiger partial charge in [0, 0.05) is 5.56 Å². The van der Waals surface area contributed by atoms with Crippen LogP contribution in [0.3, 0.4) is 0 Å². The molecular weight excluding hydrogens is 400 g/mol. The molecule has 0 amide bonds. The van der Waals surface area contributed by atoms with Crippen LogP contribution in [0, 0.1) is 0 Å². The fourth-order valence-electron chi connectivity index (χ4n) is 3.71. The first-order chi connectivity index (χ1) is 15.5. The second kappa shape index (κ2) is 10.8. The highest BCUT2D eigenvalue weighted by atomic mass is 16.6. The number of carbonyl (C=O) groups is 2. The number of hydrogen-bond donors (Lipinski definition) is 0. The molecule has 0 aliphatic carbocycles. The Kier molecular flexibility index (Phi) is 7.82.